The summed E-state index contributed by atoms with van der Waals surface area (Å²) in [5, 5.41) is 5.32. The molecule has 1 heterocycles. The number of rotatable bonds is 5. The number of carbonyl (C=O) groups excluding carboxylic acids is 1. The van der Waals surface area contributed by atoms with Crippen LogP contribution in [0, 0.1) is 11.6 Å². The second-order valence-corrected chi connectivity index (χ2v) is 5.34. The van der Waals surface area contributed by atoms with Crippen molar-refractivity contribution in [3.8, 4) is 5.75 Å². The van der Waals surface area contributed by atoms with Crippen molar-refractivity contribution >= 4 is 23.0 Å². The molecule has 0 aliphatic carbocycles. The third-order valence-electron chi connectivity index (χ3n) is 3.55. The van der Waals surface area contributed by atoms with E-state index in [0.29, 0.717) is 11.4 Å². The lowest BCUT2D eigenvalue weighted by Crippen LogP contribution is -2.16. The third-order valence-corrected chi connectivity index (χ3v) is 3.55. The smallest absolute Gasteiger partial charge is 0.274 e. The van der Waals surface area contributed by atoms with Crippen molar-refractivity contribution in [1.82, 2.24) is 4.98 Å². The van der Waals surface area contributed by atoms with Gasteiger partial charge < -0.3 is 15.4 Å². The molecule has 0 spiro atoms. The summed E-state index contributed by atoms with van der Waals surface area (Å²) < 4.78 is 32.5. The molecule has 7 heteroatoms. The predicted molar refractivity (Wildman–Crippen MR) is 94.8 cm³/mol. The van der Waals surface area contributed by atoms with Crippen LogP contribution in [0.1, 0.15) is 10.5 Å². The largest absolute Gasteiger partial charge is 0.497 e. The molecule has 3 rings (SSSR count). The standard InChI is InChI=1S/C19H15F2N3O2/c1-26-14-5-2-4-12(10-14)23-13-8-9-22-17(11-13)19(25)24-18-15(20)6-3-7-16(18)21/h2-11H,1H3,(H,22,23)(H,24,25). The second kappa shape index (κ2) is 7.60. The van der Waals surface area contributed by atoms with Gasteiger partial charge in [-0.2, -0.15) is 0 Å². The van der Waals surface area contributed by atoms with Gasteiger partial charge in [0.25, 0.3) is 5.91 Å². The van der Waals surface area contributed by atoms with Crippen LogP contribution in [0.3, 0.4) is 0 Å². The van der Waals surface area contributed by atoms with Crippen molar-refractivity contribution in [3.05, 3.63) is 78.1 Å². The Morgan fingerprint density at radius 1 is 1.00 bits per heavy atom. The monoisotopic (exact) mass is 355 g/mol. The lowest BCUT2D eigenvalue weighted by atomic mass is 10.2. The van der Waals surface area contributed by atoms with Crippen LogP contribution in [0.2, 0.25) is 0 Å². The minimum atomic E-state index is -0.857. The van der Waals surface area contributed by atoms with E-state index >= 15 is 0 Å². The van der Waals surface area contributed by atoms with E-state index in [1.807, 2.05) is 12.1 Å². The zero-order valence-corrected chi connectivity index (χ0v) is 13.8. The number of nitrogens with zero attached hydrogens (tertiary/aromatic N) is 1. The summed E-state index contributed by atoms with van der Waals surface area (Å²) in [6, 6.07) is 13.7. The lowest BCUT2D eigenvalue weighted by Gasteiger charge is -2.10. The van der Waals surface area contributed by atoms with Crippen LogP contribution in [0.5, 0.6) is 5.75 Å². The van der Waals surface area contributed by atoms with Gasteiger partial charge in [0, 0.05) is 23.6 Å². The number of ether oxygens (including phenoxy) is 1. The molecule has 5 nitrogen and oxygen atoms in total. The molecular weight excluding hydrogens is 340 g/mol. The molecule has 0 atom stereocenters. The fourth-order valence-electron chi connectivity index (χ4n) is 2.29. The van der Waals surface area contributed by atoms with Gasteiger partial charge in [-0.05, 0) is 36.4 Å². The first-order chi connectivity index (χ1) is 12.6. The molecule has 0 saturated heterocycles. The molecule has 3 aromatic rings. The Labute approximate surface area is 148 Å². The van der Waals surface area contributed by atoms with Gasteiger partial charge in [0.1, 0.15) is 28.8 Å². The highest BCUT2D eigenvalue weighted by Crippen LogP contribution is 2.22. The van der Waals surface area contributed by atoms with Crippen molar-refractivity contribution in [3.63, 3.8) is 0 Å². The molecule has 0 aliphatic heterocycles. The van der Waals surface area contributed by atoms with E-state index in [2.05, 4.69) is 15.6 Å². The molecule has 2 aromatic carbocycles. The van der Waals surface area contributed by atoms with Crippen LogP contribution in [0.15, 0.2) is 60.8 Å². The summed E-state index contributed by atoms with van der Waals surface area (Å²) in [5.41, 5.74) is 0.848. The highest BCUT2D eigenvalue weighted by molar-refractivity contribution is 6.03. The van der Waals surface area contributed by atoms with Crippen LogP contribution in [-0.2, 0) is 0 Å². The Hall–Kier alpha value is -3.48. The second-order valence-electron chi connectivity index (χ2n) is 5.34. The maximum Gasteiger partial charge on any atom is 0.274 e. The number of carbonyl (C=O) groups is 1. The normalized spacial score (nSPS) is 10.3. The topological polar surface area (TPSA) is 63.2 Å². The van der Waals surface area contributed by atoms with E-state index in [1.54, 1.807) is 25.3 Å². The molecule has 1 aromatic heterocycles. The number of methoxy groups -OCH3 is 1. The molecule has 0 radical (unpaired) electrons. The van der Waals surface area contributed by atoms with Crippen LogP contribution >= 0.6 is 0 Å². The molecule has 1 amide bonds. The molecular formula is C19H15F2N3O2. The van der Waals surface area contributed by atoms with E-state index in [-0.39, 0.29) is 5.69 Å². The maximum absolute atomic E-state index is 13.7. The quantitative estimate of drug-likeness (QED) is 0.714. The van der Waals surface area contributed by atoms with Crippen molar-refractivity contribution in [2.45, 2.75) is 0 Å². The number of anilines is 3. The summed E-state index contributed by atoms with van der Waals surface area (Å²) in [7, 11) is 1.57. The van der Waals surface area contributed by atoms with Gasteiger partial charge >= 0.3 is 0 Å². The summed E-state index contributed by atoms with van der Waals surface area (Å²) in [6.07, 6.45) is 1.43. The number of hydrogen-bond acceptors (Lipinski definition) is 4. The molecule has 0 bridgehead atoms. The third kappa shape index (κ3) is 3.94. The Bertz CT molecular complexity index is 927. The van der Waals surface area contributed by atoms with Crippen molar-refractivity contribution in [1.29, 1.82) is 0 Å². The first-order valence-electron chi connectivity index (χ1n) is 7.69. The molecule has 0 unspecified atom stereocenters. The number of pyridine rings is 1. The number of benzene rings is 2. The highest BCUT2D eigenvalue weighted by Gasteiger charge is 2.14. The maximum atomic E-state index is 13.7. The summed E-state index contributed by atoms with van der Waals surface area (Å²) >= 11 is 0. The van der Waals surface area contributed by atoms with Crippen molar-refractivity contribution in [2.75, 3.05) is 17.7 Å². The summed E-state index contributed by atoms with van der Waals surface area (Å²) in [4.78, 5) is 16.2. The Morgan fingerprint density at radius 3 is 2.42 bits per heavy atom. The average molecular weight is 355 g/mol. The fourth-order valence-corrected chi connectivity index (χ4v) is 2.29. The SMILES string of the molecule is COc1cccc(Nc2ccnc(C(=O)Nc3c(F)cccc3F)c2)c1. The molecule has 0 saturated carbocycles. The molecule has 2 N–H and O–H groups in total. The van der Waals surface area contributed by atoms with E-state index in [9.17, 15) is 13.6 Å². The minimum absolute atomic E-state index is 0.0144. The van der Waals surface area contributed by atoms with Crippen LogP contribution in [-0.4, -0.2) is 18.0 Å². The van der Waals surface area contributed by atoms with Gasteiger partial charge in [-0.25, -0.2) is 8.78 Å². The van der Waals surface area contributed by atoms with Gasteiger partial charge in [0.15, 0.2) is 0 Å². The van der Waals surface area contributed by atoms with Crippen LogP contribution in [0.25, 0.3) is 0 Å². The molecule has 0 aliphatic rings. The number of nitrogens with one attached hydrogen (secondary N) is 2. The number of aromatic nitrogens is 1. The highest BCUT2D eigenvalue weighted by atomic mass is 19.1. The number of amides is 1. The van der Waals surface area contributed by atoms with Crippen molar-refractivity contribution in [2.24, 2.45) is 0 Å². The van der Waals surface area contributed by atoms with Crippen LogP contribution < -0.4 is 15.4 Å². The van der Waals surface area contributed by atoms with E-state index in [0.717, 1.165) is 17.8 Å². The Kier molecular flexibility index (Phi) is 5.07. The van der Waals surface area contributed by atoms with Gasteiger partial charge in [0.2, 0.25) is 0 Å². The van der Waals surface area contributed by atoms with Gasteiger partial charge in [0.05, 0.1) is 7.11 Å². The van der Waals surface area contributed by atoms with Crippen molar-refractivity contribution < 1.29 is 18.3 Å². The zero-order chi connectivity index (χ0) is 18.5. The van der Waals surface area contributed by atoms with Gasteiger partial charge in [-0.15, -0.1) is 0 Å². The van der Waals surface area contributed by atoms with E-state index in [4.69, 9.17) is 4.74 Å². The predicted octanol–water partition coefficient (Wildman–Crippen LogP) is 4.36. The van der Waals surface area contributed by atoms with E-state index < -0.39 is 23.2 Å². The summed E-state index contributed by atoms with van der Waals surface area (Å²) in [6.45, 7) is 0. The van der Waals surface area contributed by atoms with Gasteiger partial charge in [-0.1, -0.05) is 12.1 Å². The summed E-state index contributed by atoms with van der Waals surface area (Å²) in [5.74, 6) is -1.76. The minimum Gasteiger partial charge on any atom is -0.497 e. The average Bonchev–Trinajstić information content (AvgIpc) is 2.65. The fraction of sp³-hybridized carbons (Fsp3) is 0.0526. The van der Waals surface area contributed by atoms with Crippen LogP contribution in [0.4, 0.5) is 25.8 Å². The van der Waals surface area contributed by atoms with E-state index in [1.165, 1.54) is 18.3 Å². The Balaban J connectivity index is 1.79. The zero-order valence-electron chi connectivity index (χ0n) is 13.8. The number of halogens is 2. The van der Waals surface area contributed by atoms with Gasteiger partial charge in [-0.3, -0.25) is 9.78 Å². The molecule has 26 heavy (non-hydrogen) atoms. The number of hydrogen-bond donors (Lipinski definition) is 2. The number of para-hydroxylation sites is 1. The first kappa shape index (κ1) is 17.3. The molecule has 132 valence electrons. The Morgan fingerprint density at radius 2 is 1.69 bits per heavy atom. The lowest BCUT2D eigenvalue weighted by molar-refractivity contribution is 0.102. The molecule has 0 fully saturated rings. The first-order valence-corrected chi connectivity index (χ1v) is 7.69.